The van der Waals surface area contributed by atoms with E-state index in [1.165, 1.54) is 29.9 Å². The average Bonchev–Trinajstić information content (AvgIpc) is 3.17. The maximum atomic E-state index is 13.5. The van der Waals surface area contributed by atoms with E-state index < -0.39 is 6.04 Å². The van der Waals surface area contributed by atoms with E-state index in [4.69, 9.17) is 17.0 Å². The number of rotatable bonds is 13. The standard InChI is InChI=1S/C31H34FN3O3S/c1-2-3-4-8-21-38-27-17-15-25(16-18-27)33-29(36)22-28-30(37)35(26-9-6-5-7-10-26)31(39)34(28)20-19-23-11-13-24(32)14-12-23/h5-7,9-18,28H,2-4,8,19-22H2,1H3,(H,33,36)/t28-/m0/s1. The number of carbonyl (C=O) groups excluding carboxylic acids is 2. The van der Waals surface area contributed by atoms with E-state index in [2.05, 4.69) is 12.2 Å². The van der Waals surface area contributed by atoms with Crippen LogP contribution in [-0.4, -0.2) is 41.0 Å². The fourth-order valence-electron chi connectivity index (χ4n) is 4.54. The van der Waals surface area contributed by atoms with Gasteiger partial charge in [-0.1, -0.05) is 56.5 Å². The molecular weight excluding hydrogens is 513 g/mol. The molecule has 3 aromatic rings. The summed E-state index contributed by atoms with van der Waals surface area (Å²) in [6.45, 7) is 3.26. The number of hydrogen-bond donors (Lipinski definition) is 1. The first-order valence-corrected chi connectivity index (χ1v) is 13.8. The molecule has 0 bridgehead atoms. The van der Waals surface area contributed by atoms with E-state index in [0.29, 0.717) is 36.1 Å². The minimum Gasteiger partial charge on any atom is -0.494 e. The maximum Gasteiger partial charge on any atom is 0.256 e. The van der Waals surface area contributed by atoms with Crippen molar-refractivity contribution in [3.05, 3.63) is 90.2 Å². The Hall–Kier alpha value is -3.78. The summed E-state index contributed by atoms with van der Waals surface area (Å²) in [6, 6.07) is 21.9. The van der Waals surface area contributed by atoms with Gasteiger partial charge >= 0.3 is 0 Å². The highest BCUT2D eigenvalue weighted by atomic mass is 32.1. The van der Waals surface area contributed by atoms with E-state index in [9.17, 15) is 14.0 Å². The van der Waals surface area contributed by atoms with E-state index >= 15 is 0 Å². The van der Waals surface area contributed by atoms with Crippen molar-refractivity contribution >= 4 is 40.5 Å². The van der Waals surface area contributed by atoms with Crippen molar-refractivity contribution in [3.8, 4) is 5.75 Å². The van der Waals surface area contributed by atoms with Gasteiger partial charge in [0, 0.05) is 12.2 Å². The van der Waals surface area contributed by atoms with Crippen LogP contribution in [0.2, 0.25) is 0 Å². The van der Waals surface area contributed by atoms with Crippen LogP contribution in [0.4, 0.5) is 15.8 Å². The molecule has 1 fully saturated rings. The number of ether oxygens (including phenoxy) is 1. The van der Waals surface area contributed by atoms with Crippen molar-refractivity contribution in [2.75, 3.05) is 23.4 Å². The normalized spacial score (nSPS) is 15.1. The Morgan fingerprint density at radius 1 is 0.974 bits per heavy atom. The van der Waals surface area contributed by atoms with Gasteiger partial charge in [0.1, 0.15) is 17.6 Å². The fourth-order valence-corrected chi connectivity index (χ4v) is 4.96. The van der Waals surface area contributed by atoms with Crippen LogP contribution >= 0.6 is 12.2 Å². The van der Waals surface area contributed by atoms with E-state index in [1.807, 2.05) is 42.5 Å². The van der Waals surface area contributed by atoms with Crippen LogP contribution in [0.3, 0.4) is 0 Å². The summed E-state index contributed by atoms with van der Waals surface area (Å²) in [5, 5.41) is 3.25. The number of halogens is 1. The number of thiocarbonyl (C=S) groups is 1. The first-order valence-electron chi connectivity index (χ1n) is 13.4. The van der Waals surface area contributed by atoms with E-state index in [1.54, 1.807) is 29.2 Å². The molecule has 1 aliphatic rings. The topological polar surface area (TPSA) is 61.9 Å². The lowest BCUT2D eigenvalue weighted by Gasteiger charge is -2.24. The smallest absolute Gasteiger partial charge is 0.256 e. The van der Waals surface area contributed by atoms with Crippen LogP contribution < -0.4 is 15.0 Å². The monoisotopic (exact) mass is 547 g/mol. The molecule has 4 rings (SSSR count). The third-order valence-corrected chi connectivity index (χ3v) is 7.09. The Bertz CT molecular complexity index is 1250. The Kier molecular flexibility index (Phi) is 10.0. The number of hydrogen-bond acceptors (Lipinski definition) is 4. The fraction of sp³-hybridized carbons (Fsp3) is 0.323. The highest BCUT2D eigenvalue weighted by Crippen LogP contribution is 2.28. The van der Waals surface area contributed by atoms with Gasteiger partial charge in [-0.3, -0.25) is 14.5 Å². The van der Waals surface area contributed by atoms with Gasteiger partial charge in [-0.05, 0) is 79.2 Å². The third-order valence-electron chi connectivity index (χ3n) is 6.67. The van der Waals surface area contributed by atoms with Crippen LogP contribution in [-0.2, 0) is 16.0 Å². The van der Waals surface area contributed by atoms with E-state index in [0.717, 1.165) is 24.2 Å². The van der Waals surface area contributed by atoms with Crippen molar-refractivity contribution in [2.45, 2.75) is 51.5 Å². The number of anilines is 2. The molecule has 0 aromatic heterocycles. The van der Waals surface area contributed by atoms with Crippen LogP contribution in [0, 0.1) is 5.82 Å². The zero-order chi connectivity index (χ0) is 27.6. The summed E-state index contributed by atoms with van der Waals surface area (Å²) in [5.41, 5.74) is 2.21. The maximum absolute atomic E-state index is 13.5. The Labute approximate surface area is 234 Å². The molecule has 6 nitrogen and oxygen atoms in total. The minimum absolute atomic E-state index is 0.0542. The Morgan fingerprint density at radius 2 is 1.69 bits per heavy atom. The van der Waals surface area contributed by atoms with E-state index in [-0.39, 0.29) is 24.1 Å². The van der Waals surface area contributed by atoms with Gasteiger partial charge in [-0.25, -0.2) is 4.39 Å². The Morgan fingerprint density at radius 3 is 2.38 bits per heavy atom. The lowest BCUT2D eigenvalue weighted by atomic mass is 10.1. The average molecular weight is 548 g/mol. The van der Waals surface area contributed by atoms with Crippen LogP contribution in [0.5, 0.6) is 5.75 Å². The molecule has 0 aliphatic carbocycles. The summed E-state index contributed by atoms with van der Waals surface area (Å²) < 4.78 is 19.1. The second-order valence-corrected chi connectivity index (χ2v) is 9.93. The number of carbonyl (C=O) groups is 2. The highest BCUT2D eigenvalue weighted by molar-refractivity contribution is 7.80. The molecule has 1 aliphatic heterocycles. The van der Waals surface area contributed by atoms with Gasteiger partial charge in [0.25, 0.3) is 5.91 Å². The summed E-state index contributed by atoms with van der Waals surface area (Å²) >= 11 is 5.71. The summed E-state index contributed by atoms with van der Waals surface area (Å²) in [6.07, 6.45) is 5.05. The number of nitrogens with one attached hydrogen (secondary N) is 1. The van der Waals surface area contributed by atoms with Crippen LogP contribution in [0.25, 0.3) is 0 Å². The largest absolute Gasteiger partial charge is 0.494 e. The quantitative estimate of drug-likeness (QED) is 0.199. The zero-order valence-corrected chi connectivity index (χ0v) is 23.0. The summed E-state index contributed by atoms with van der Waals surface area (Å²) in [7, 11) is 0. The lowest BCUT2D eigenvalue weighted by Crippen LogP contribution is -2.39. The number of unbranched alkanes of at least 4 members (excludes halogenated alkanes) is 3. The van der Waals surface area contributed by atoms with Crippen molar-refractivity contribution in [1.29, 1.82) is 0 Å². The molecule has 1 saturated heterocycles. The van der Waals surface area contributed by atoms with Crippen molar-refractivity contribution in [3.63, 3.8) is 0 Å². The molecule has 2 amide bonds. The zero-order valence-electron chi connectivity index (χ0n) is 22.1. The Balaban J connectivity index is 1.41. The first-order chi connectivity index (χ1) is 19.0. The van der Waals surface area contributed by atoms with Gasteiger partial charge in [-0.15, -0.1) is 0 Å². The number of benzene rings is 3. The number of nitrogens with zero attached hydrogens (tertiary/aromatic N) is 2. The second-order valence-electron chi connectivity index (χ2n) is 9.56. The van der Waals surface area contributed by atoms with Gasteiger partial charge in [0.15, 0.2) is 5.11 Å². The molecule has 1 heterocycles. The van der Waals surface area contributed by atoms with Crippen LogP contribution in [0.15, 0.2) is 78.9 Å². The van der Waals surface area contributed by atoms with Gasteiger partial charge < -0.3 is 15.0 Å². The molecule has 1 N–H and O–H groups in total. The third kappa shape index (κ3) is 7.63. The van der Waals surface area contributed by atoms with Crippen LogP contribution in [0.1, 0.15) is 44.6 Å². The number of amides is 2. The molecule has 0 unspecified atom stereocenters. The first kappa shape index (κ1) is 28.2. The predicted octanol–water partition coefficient (Wildman–Crippen LogP) is 6.36. The molecule has 3 aromatic carbocycles. The second kappa shape index (κ2) is 13.8. The summed E-state index contributed by atoms with van der Waals surface area (Å²) in [5.74, 6) is -0.0772. The molecule has 0 radical (unpaired) electrons. The molecule has 1 atom stereocenters. The van der Waals surface area contributed by atoms with Gasteiger partial charge in [0.2, 0.25) is 5.91 Å². The predicted molar refractivity (Wildman–Crippen MR) is 156 cm³/mol. The molecule has 204 valence electrons. The van der Waals surface area contributed by atoms with Gasteiger partial charge in [0.05, 0.1) is 18.7 Å². The molecule has 0 saturated carbocycles. The SMILES string of the molecule is CCCCCCOc1ccc(NC(=O)C[C@H]2C(=O)N(c3ccccc3)C(=S)N2CCc2ccc(F)cc2)cc1. The van der Waals surface area contributed by atoms with Crippen molar-refractivity contribution in [2.24, 2.45) is 0 Å². The molecule has 0 spiro atoms. The summed E-state index contributed by atoms with van der Waals surface area (Å²) in [4.78, 5) is 29.9. The van der Waals surface area contributed by atoms with Crippen molar-refractivity contribution < 1.29 is 18.7 Å². The molecule has 8 heteroatoms. The lowest BCUT2D eigenvalue weighted by molar-refractivity contribution is -0.124. The van der Waals surface area contributed by atoms with Crippen molar-refractivity contribution in [1.82, 2.24) is 4.90 Å². The minimum atomic E-state index is -0.746. The number of para-hydroxylation sites is 1. The van der Waals surface area contributed by atoms with Gasteiger partial charge in [-0.2, -0.15) is 0 Å². The molecule has 39 heavy (non-hydrogen) atoms. The molecular formula is C31H34FN3O3S. The highest BCUT2D eigenvalue weighted by Gasteiger charge is 2.43.